The molecule has 0 saturated carbocycles. The molecular formula is C16H18N6OS. The third kappa shape index (κ3) is 2.62. The predicted octanol–water partition coefficient (Wildman–Crippen LogP) is 1.42. The third-order valence-electron chi connectivity index (χ3n) is 4.30. The van der Waals surface area contributed by atoms with E-state index in [1.54, 1.807) is 30.6 Å². The first-order chi connectivity index (χ1) is 11.6. The van der Waals surface area contributed by atoms with Crippen LogP contribution in [0.1, 0.15) is 5.82 Å². The smallest absolute Gasteiger partial charge is 0.268 e. The molecule has 0 aromatic carbocycles. The molecule has 0 N–H and O–H groups in total. The zero-order valence-corrected chi connectivity index (χ0v) is 14.5. The minimum Gasteiger partial charge on any atom is -0.367 e. The molecule has 3 aromatic rings. The van der Waals surface area contributed by atoms with E-state index in [0.717, 1.165) is 53.7 Å². The Bertz CT molecular complexity index is 941. The van der Waals surface area contributed by atoms with Crippen molar-refractivity contribution in [2.45, 2.75) is 6.92 Å². The van der Waals surface area contributed by atoms with Crippen LogP contribution in [-0.4, -0.2) is 45.9 Å². The maximum Gasteiger partial charge on any atom is 0.268 e. The van der Waals surface area contributed by atoms with Crippen LogP contribution < -0.4 is 15.4 Å². The van der Waals surface area contributed by atoms with Crippen LogP contribution in [0.4, 0.5) is 11.5 Å². The van der Waals surface area contributed by atoms with Gasteiger partial charge in [0.1, 0.15) is 11.6 Å². The van der Waals surface area contributed by atoms with E-state index in [1.807, 2.05) is 13.0 Å². The van der Waals surface area contributed by atoms with Crippen molar-refractivity contribution in [2.24, 2.45) is 7.05 Å². The molecule has 1 fully saturated rings. The first-order valence-corrected chi connectivity index (χ1v) is 8.75. The lowest BCUT2D eigenvalue weighted by Crippen LogP contribution is -2.47. The molecule has 0 bridgehead atoms. The standard InChI is InChI=1S/C16H18N6OS/c1-11-18-13-3-8-24-15(13)16(19-11)22-6-4-21(5-7-22)12-9-14(23)20(2)17-10-12/h3,8-10H,4-7H2,1-2H3. The van der Waals surface area contributed by atoms with Crippen molar-refractivity contribution in [3.63, 3.8) is 0 Å². The average molecular weight is 342 g/mol. The van der Waals surface area contributed by atoms with Gasteiger partial charge in [0.05, 0.1) is 22.1 Å². The molecule has 1 saturated heterocycles. The van der Waals surface area contributed by atoms with E-state index >= 15 is 0 Å². The van der Waals surface area contributed by atoms with Gasteiger partial charge in [0.2, 0.25) is 0 Å². The van der Waals surface area contributed by atoms with Crippen molar-refractivity contribution < 1.29 is 0 Å². The molecule has 1 aliphatic rings. The van der Waals surface area contributed by atoms with E-state index < -0.39 is 0 Å². The SMILES string of the molecule is Cc1nc(N2CCN(c3cnn(C)c(=O)c3)CC2)c2sccc2n1. The fraction of sp³-hybridized carbons (Fsp3) is 0.375. The molecule has 8 heteroatoms. The molecule has 0 aliphatic carbocycles. The summed E-state index contributed by atoms with van der Waals surface area (Å²) in [4.78, 5) is 25.4. The molecule has 4 rings (SSSR count). The van der Waals surface area contributed by atoms with Crippen LogP contribution in [0.3, 0.4) is 0 Å². The van der Waals surface area contributed by atoms with Crippen LogP contribution in [-0.2, 0) is 7.05 Å². The molecule has 3 aromatic heterocycles. The molecule has 1 aliphatic heterocycles. The molecule has 4 heterocycles. The molecular weight excluding hydrogens is 324 g/mol. The Morgan fingerprint density at radius 2 is 1.88 bits per heavy atom. The van der Waals surface area contributed by atoms with Crippen LogP contribution in [0, 0.1) is 6.92 Å². The van der Waals surface area contributed by atoms with Crippen LogP contribution in [0.25, 0.3) is 10.2 Å². The van der Waals surface area contributed by atoms with Crippen LogP contribution in [0.15, 0.2) is 28.5 Å². The Hall–Kier alpha value is -2.48. The Balaban J connectivity index is 1.56. The van der Waals surface area contributed by atoms with Gasteiger partial charge in [0.25, 0.3) is 5.56 Å². The van der Waals surface area contributed by atoms with Gasteiger partial charge in [-0.05, 0) is 18.4 Å². The number of thiophene rings is 1. The topological polar surface area (TPSA) is 67.2 Å². The Kier molecular flexibility index (Phi) is 3.68. The first-order valence-electron chi connectivity index (χ1n) is 7.87. The summed E-state index contributed by atoms with van der Waals surface area (Å²) in [5.74, 6) is 1.82. The second-order valence-electron chi connectivity index (χ2n) is 5.88. The number of rotatable bonds is 2. The van der Waals surface area contributed by atoms with Gasteiger partial charge >= 0.3 is 0 Å². The molecule has 0 unspecified atom stereocenters. The fourth-order valence-corrected chi connectivity index (χ4v) is 3.83. The van der Waals surface area contributed by atoms with Crippen LogP contribution in [0.2, 0.25) is 0 Å². The number of aryl methyl sites for hydroxylation is 2. The van der Waals surface area contributed by atoms with E-state index in [9.17, 15) is 4.79 Å². The Morgan fingerprint density at radius 1 is 1.12 bits per heavy atom. The minimum atomic E-state index is -0.0818. The number of piperazine rings is 1. The van der Waals surface area contributed by atoms with Gasteiger partial charge in [-0.3, -0.25) is 4.79 Å². The normalized spacial score (nSPS) is 15.2. The summed E-state index contributed by atoms with van der Waals surface area (Å²) in [5.41, 5.74) is 1.82. The highest BCUT2D eigenvalue weighted by Gasteiger charge is 2.21. The van der Waals surface area contributed by atoms with Gasteiger partial charge in [-0.15, -0.1) is 11.3 Å². The zero-order chi connectivity index (χ0) is 16.7. The summed E-state index contributed by atoms with van der Waals surface area (Å²) in [7, 11) is 1.66. The van der Waals surface area contributed by atoms with E-state index in [2.05, 4.69) is 30.2 Å². The second-order valence-corrected chi connectivity index (χ2v) is 6.80. The van der Waals surface area contributed by atoms with Crippen molar-refractivity contribution in [1.82, 2.24) is 19.7 Å². The third-order valence-corrected chi connectivity index (χ3v) is 5.19. The maximum atomic E-state index is 11.8. The number of hydrogen-bond acceptors (Lipinski definition) is 7. The van der Waals surface area contributed by atoms with Gasteiger partial charge < -0.3 is 9.80 Å². The number of fused-ring (bicyclic) bond motifs is 1. The lowest BCUT2D eigenvalue weighted by Gasteiger charge is -2.36. The van der Waals surface area contributed by atoms with E-state index in [4.69, 9.17) is 0 Å². The second kappa shape index (κ2) is 5.86. The Morgan fingerprint density at radius 3 is 2.62 bits per heavy atom. The highest BCUT2D eigenvalue weighted by molar-refractivity contribution is 7.17. The van der Waals surface area contributed by atoms with E-state index in [-0.39, 0.29) is 5.56 Å². The molecule has 0 radical (unpaired) electrons. The van der Waals surface area contributed by atoms with Crippen molar-refractivity contribution in [2.75, 3.05) is 36.0 Å². The van der Waals surface area contributed by atoms with Crippen molar-refractivity contribution in [1.29, 1.82) is 0 Å². The predicted molar refractivity (Wildman–Crippen MR) is 96.1 cm³/mol. The van der Waals surface area contributed by atoms with E-state index in [0.29, 0.717) is 0 Å². The lowest BCUT2D eigenvalue weighted by molar-refractivity contribution is 0.639. The molecule has 7 nitrogen and oxygen atoms in total. The van der Waals surface area contributed by atoms with Gasteiger partial charge in [0, 0.05) is 39.3 Å². The Labute approximate surface area is 143 Å². The maximum absolute atomic E-state index is 11.8. The van der Waals surface area contributed by atoms with Gasteiger partial charge in [-0.2, -0.15) is 5.10 Å². The summed E-state index contributed by atoms with van der Waals surface area (Å²) in [6.45, 7) is 5.33. The molecule has 0 amide bonds. The fourth-order valence-electron chi connectivity index (χ4n) is 2.98. The largest absolute Gasteiger partial charge is 0.367 e. The monoisotopic (exact) mass is 342 g/mol. The van der Waals surface area contributed by atoms with Crippen LogP contribution >= 0.6 is 11.3 Å². The number of anilines is 2. The zero-order valence-electron chi connectivity index (χ0n) is 13.6. The highest BCUT2D eigenvalue weighted by Crippen LogP contribution is 2.29. The van der Waals surface area contributed by atoms with E-state index in [1.165, 1.54) is 4.68 Å². The number of nitrogens with zero attached hydrogens (tertiary/aromatic N) is 6. The summed E-state index contributed by atoms with van der Waals surface area (Å²) in [5, 5.41) is 6.17. The quantitative estimate of drug-likeness (QED) is 0.702. The van der Waals surface area contributed by atoms with Gasteiger partial charge in [0.15, 0.2) is 0 Å². The summed E-state index contributed by atoms with van der Waals surface area (Å²) in [6, 6.07) is 3.69. The first kappa shape index (κ1) is 15.1. The summed E-state index contributed by atoms with van der Waals surface area (Å²) in [6.07, 6.45) is 1.75. The minimum absolute atomic E-state index is 0.0818. The molecule has 0 atom stereocenters. The highest BCUT2D eigenvalue weighted by atomic mass is 32.1. The number of hydrogen-bond donors (Lipinski definition) is 0. The molecule has 24 heavy (non-hydrogen) atoms. The van der Waals surface area contributed by atoms with Crippen molar-refractivity contribution >= 4 is 33.1 Å². The average Bonchev–Trinajstić information content (AvgIpc) is 3.05. The lowest BCUT2D eigenvalue weighted by atomic mass is 10.2. The summed E-state index contributed by atoms with van der Waals surface area (Å²) < 4.78 is 2.49. The summed E-state index contributed by atoms with van der Waals surface area (Å²) >= 11 is 1.68. The van der Waals surface area contributed by atoms with Crippen molar-refractivity contribution in [3.8, 4) is 0 Å². The molecule has 0 spiro atoms. The van der Waals surface area contributed by atoms with Gasteiger partial charge in [-0.25, -0.2) is 14.6 Å². The van der Waals surface area contributed by atoms with Crippen LogP contribution in [0.5, 0.6) is 0 Å². The van der Waals surface area contributed by atoms with Crippen molar-refractivity contribution in [3.05, 3.63) is 39.9 Å². The number of aromatic nitrogens is 4. The van der Waals surface area contributed by atoms with Gasteiger partial charge in [-0.1, -0.05) is 0 Å². The molecule has 124 valence electrons.